The SMILES string of the molecule is CCCCN(CCCC)S(=O)(=O)c1ccc(NC(=O)CCC2CCCCC2)cc1. The maximum atomic E-state index is 13.0. The van der Waals surface area contributed by atoms with E-state index in [1.54, 1.807) is 28.6 Å². The lowest BCUT2D eigenvalue weighted by atomic mass is 9.86. The molecule has 1 aliphatic carbocycles. The van der Waals surface area contributed by atoms with Crippen LogP contribution < -0.4 is 5.32 Å². The van der Waals surface area contributed by atoms with E-state index >= 15 is 0 Å². The molecule has 1 saturated carbocycles. The second-order valence-corrected chi connectivity index (χ2v) is 10.2. The number of benzene rings is 1. The zero-order valence-corrected chi connectivity index (χ0v) is 19.0. The Bertz CT molecular complexity index is 702. The van der Waals surface area contributed by atoms with Crippen LogP contribution in [0.5, 0.6) is 0 Å². The Hall–Kier alpha value is -1.40. The maximum Gasteiger partial charge on any atom is 0.243 e. The third-order valence-electron chi connectivity index (χ3n) is 5.80. The third kappa shape index (κ3) is 7.74. The van der Waals surface area contributed by atoms with Crippen LogP contribution in [0.3, 0.4) is 0 Å². The fourth-order valence-corrected chi connectivity index (χ4v) is 5.43. The number of carbonyl (C=O) groups excluding carboxylic acids is 1. The van der Waals surface area contributed by atoms with Crippen molar-refractivity contribution >= 4 is 21.6 Å². The molecule has 0 aromatic heterocycles. The molecule has 0 saturated heterocycles. The molecule has 0 unspecified atom stereocenters. The Labute approximate surface area is 177 Å². The molecule has 0 bridgehead atoms. The predicted molar refractivity (Wildman–Crippen MR) is 119 cm³/mol. The minimum Gasteiger partial charge on any atom is -0.326 e. The first kappa shape index (κ1) is 23.9. The molecule has 1 aromatic carbocycles. The van der Waals surface area contributed by atoms with Gasteiger partial charge >= 0.3 is 0 Å². The normalized spacial score (nSPS) is 15.6. The van der Waals surface area contributed by atoms with Gasteiger partial charge in [0.15, 0.2) is 0 Å². The molecule has 1 aliphatic rings. The van der Waals surface area contributed by atoms with Crippen LogP contribution in [-0.4, -0.2) is 31.7 Å². The summed E-state index contributed by atoms with van der Waals surface area (Å²) >= 11 is 0. The molecule has 0 heterocycles. The van der Waals surface area contributed by atoms with Crippen molar-refractivity contribution in [2.45, 2.75) is 89.4 Å². The van der Waals surface area contributed by atoms with Crippen LogP contribution in [0.4, 0.5) is 5.69 Å². The number of hydrogen-bond acceptors (Lipinski definition) is 3. The van der Waals surface area contributed by atoms with E-state index in [-0.39, 0.29) is 5.91 Å². The molecule has 1 aromatic rings. The van der Waals surface area contributed by atoms with Crippen LogP contribution in [-0.2, 0) is 14.8 Å². The fraction of sp³-hybridized carbons (Fsp3) is 0.696. The molecular formula is C23H38N2O3S. The summed E-state index contributed by atoms with van der Waals surface area (Å²) in [5, 5.41) is 2.91. The molecule has 1 N–H and O–H groups in total. The van der Waals surface area contributed by atoms with Gasteiger partial charge in [-0.2, -0.15) is 4.31 Å². The highest BCUT2D eigenvalue weighted by Gasteiger charge is 2.23. The standard InChI is InChI=1S/C23H38N2O3S/c1-3-5-18-25(19-6-4-2)29(27,28)22-15-13-21(14-16-22)24-23(26)17-12-20-10-8-7-9-11-20/h13-16,20H,3-12,17-19H2,1-2H3,(H,24,26). The summed E-state index contributed by atoms with van der Waals surface area (Å²) in [5.74, 6) is 0.693. The van der Waals surface area contributed by atoms with Crippen molar-refractivity contribution in [1.82, 2.24) is 4.31 Å². The van der Waals surface area contributed by atoms with Crippen molar-refractivity contribution in [3.63, 3.8) is 0 Å². The van der Waals surface area contributed by atoms with Crippen molar-refractivity contribution in [3.8, 4) is 0 Å². The number of nitrogens with zero attached hydrogens (tertiary/aromatic N) is 1. The van der Waals surface area contributed by atoms with Gasteiger partial charge < -0.3 is 5.32 Å². The van der Waals surface area contributed by atoms with Crippen LogP contribution in [0, 0.1) is 5.92 Å². The molecular weight excluding hydrogens is 384 g/mol. The number of carbonyl (C=O) groups is 1. The summed E-state index contributed by atoms with van der Waals surface area (Å²) in [6.45, 7) is 5.24. The van der Waals surface area contributed by atoms with Crippen molar-refractivity contribution in [3.05, 3.63) is 24.3 Å². The number of unbranched alkanes of at least 4 members (excludes halogenated alkanes) is 2. The van der Waals surface area contributed by atoms with Gasteiger partial charge in [-0.05, 0) is 49.4 Å². The largest absolute Gasteiger partial charge is 0.326 e. The average Bonchev–Trinajstić information content (AvgIpc) is 2.73. The van der Waals surface area contributed by atoms with E-state index in [0.717, 1.165) is 32.1 Å². The Morgan fingerprint density at radius 3 is 2.14 bits per heavy atom. The molecule has 2 rings (SSSR count). The summed E-state index contributed by atoms with van der Waals surface area (Å²) in [5.41, 5.74) is 0.659. The molecule has 0 atom stereocenters. The number of hydrogen-bond donors (Lipinski definition) is 1. The van der Waals surface area contributed by atoms with Crippen LogP contribution in [0.1, 0.15) is 84.5 Å². The van der Waals surface area contributed by atoms with Crippen molar-refractivity contribution < 1.29 is 13.2 Å². The van der Waals surface area contributed by atoms with E-state index in [0.29, 0.717) is 36.0 Å². The molecule has 0 spiro atoms. The van der Waals surface area contributed by atoms with E-state index in [9.17, 15) is 13.2 Å². The van der Waals surface area contributed by atoms with E-state index < -0.39 is 10.0 Å². The van der Waals surface area contributed by atoms with Crippen molar-refractivity contribution in [2.75, 3.05) is 18.4 Å². The van der Waals surface area contributed by atoms with Crippen LogP contribution >= 0.6 is 0 Å². The first-order valence-corrected chi connectivity index (χ1v) is 12.8. The fourth-order valence-electron chi connectivity index (χ4n) is 3.91. The second-order valence-electron chi connectivity index (χ2n) is 8.23. The van der Waals surface area contributed by atoms with Gasteiger partial charge in [0, 0.05) is 25.2 Å². The van der Waals surface area contributed by atoms with Crippen molar-refractivity contribution in [2.24, 2.45) is 5.92 Å². The molecule has 0 radical (unpaired) electrons. The first-order valence-electron chi connectivity index (χ1n) is 11.4. The predicted octanol–water partition coefficient (Wildman–Crippen LogP) is 5.58. The number of sulfonamides is 1. The molecule has 29 heavy (non-hydrogen) atoms. The van der Waals surface area contributed by atoms with Gasteiger partial charge in [-0.1, -0.05) is 58.8 Å². The molecule has 1 amide bonds. The minimum atomic E-state index is -3.49. The zero-order chi connectivity index (χ0) is 21.1. The lowest BCUT2D eigenvalue weighted by Gasteiger charge is -2.22. The lowest BCUT2D eigenvalue weighted by Crippen LogP contribution is -2.33. The van der Waals surface area contributed by atoms with Crippen LogP contribution in [0.25, 0.3) is 0 Å². The highest BCUT2D eigenvalue weighted by molar-refractivity contribution is 7.89. The van der Waals surface area contributed by atoms with Gasteiger partial charge in [-0.15, -0.1) is 0 Å². The van der Waals surface area contributed by atoms with E-state index in [2.05, 4.69) is 19.2 Å². The first-order chi connectivity index (χ1) is 14.0. The number of rotatable bonds is 12. The van der Waals surface area contributed by atoms with E-state index in [1.807, 2.05) is 0 Å². The van der Waals surface area contributed by atoms with Gasteiger partial charge in [0.05, 0.1) is 4.90 Å². The highest BCUT2D eigenvalue weighted by atomic mass is 32.2. The summed E-state index contributed by atoms with van der Waals surface area (Å²) in [4.78, 5) is 12.5. The number of anilines is 1. The maximum absolute atomic E-state index is 13.0. The average molecular weight is 423 g/mol. The smallest absolute Gasteiger partial charge is 0.243 e. The number of nitrogens with one attached hydrogen (secondary N) is 1. The summed E-state index contributed by atoms with van der Waals surface area (Å²) in [7, 11) is -3.49. The van der Waals surface area contributed by atoms with Crippen molar-refractivity contribution in [1.29, 1.82) is 0 Å². The zero-order valence-electron chi connectivity index (χ0n) is 18.2. The second kappa shape index (κ2) is 12.3. The third-order valence-corrected chi connectivity index (χ3v) is 7.72. The lowest BCUT2D eigenvalue weighted by molar-refractivity contribution is -0.116. The Kier molecular flexibility index (Phi) is 10.2. The van der Waals surface area contributed by atoms with Crippen LogP contribution in [0.15, 0.2) is 29.2 Å². The molecule has 5 nitrogen and oxygen atoms in total. The Morgan fingerprint density at radius 2 is 1.59 bits per heavy atom. The Morgan fingerprint density at radius 1 is 1.00 bits per heavy atom. The minimum absolute atomic E-state index is 0.0127. The molecule has 6 heteroatoms. The van der Waals surface area contributed by atoms with Gasteiger partial charge in [0.25, 0.3) is 0 Å². The summed E-state index contributed by atoms with van der Waals surface area (Å²) in [6, 6.07) is 6.61. The summed E-state index contributed by atoms with van der Waals surface area (Å²) < 4.78 is 27.6. The molecule has 0 aliphatic heterocycles. The quantitative estimate of drug-likeness (QED) is 0.478. The van der Waals surface area contributed by atoms with Gasteiger partial charge in [-0.3, -0.25) is 4.79 Å². The van der Waals surface area contributed by atoms with Gasteiger partial charge in [0.1, 0.15) is 0 Å². The Balaban J connectivity index is 1.93. The van der Waals surface area contributed by atoms with Gasteiger partial charge in [0.2, 0.25) is 15.9 Å². The van der Waals surface area contributed by atoms with Crippen LogP contribution in [0.2, 0.25) is 0 Å². The topological polar surface area (TPSA) is 66.5 Å². The molecule has 164 valence electrons. The highest BCUT2D eigenvalue weighted by Crippen LogP contribution is 2.27. The van der Waals surface area contributed by atoms with E-state index in [4.69, 9.17) is 0 Å². The summed E-state index contributed by atoms with van der Waals surface area (Å²) in [6.07, 6.45) is 11.5. The monoisotopic (exact) mass is 422 g/mol. The van der Waals surface area contributed by atoms with E-state index in [1.165, 1.54) is 32.1 Å². The number of amides is 1. The molecule has 1 fully saturated rings. The van der Waals surface area contributed by atoms with Gasteiger partial charge in [-0.25, -0.2) is 8.42 Å².